The van der Waals surface area contributed by atoms with Crippen molar-refractivity contribution in [2.24, 2.45) is 11.8 Å². The van der Waals surface area contributed by atoms with Gasteiger partial charge in [-0.1, -0.05) is 49.9 Å². The highest BCUT2D eigenvalue weighted by molar-refractivity contribution is 6.30. The van der Waals surface area contributed by atoms with Gasteiger partial charge in [-0.2, -0.15) is 0 Å². The Labute approximate surface area is 226 Å². The van der Waals surface area contributed by atoms with E-state index in [9.17, 15) is 19.2 Å². The van der Waals surface area contributed by atoms with E-state index in [-0.39, 0.29) is 24.3 Å². The Kier molecular flexibility index (Phi) is 5.98. The van der Waals surface area contributed by atoms with Gasteiger partial charge < -0.3 is 9.64 Å². The molecular weight excluding hydrogens is 506 g/mol. The molecule has 4 aliphatic rings. The number of hydrogen-bond donors (Lipinski definition) is 0. The average molecular weight is 536 g/mol. The summed E-state index contributed by atoms with van der Waals surface area (Å²) in [4.78, 5) is 60.8. The first kappa shape index (κ1) is 24.9. The maximum absolute atomic E-state index is 14.3. The number of nitrogens with zero attached hydrogens (tertiary/aromatic N) is 3. The van der Waals surface area contributed by atoms with Crippen molar-refractivity contribution in [1.82, 2.24) is 9.80 Å². The number of halogens is 1. The second-order valence-corrected chi connectivity index (χ2v) is 11.0. The van der Waals surface area contributed by atoms with Crippen molar-refractivity contribution < 1.29 is 23.9 Å². The molecule has 0 unspecified atom stereocenters. The van der Waals surface area contributed by atoms with Gasteiger partial charge in [-0.15, -0.1) is 0 Å². The first-order chi connectivity index (χ1) is 18.3. The van der Waals surface area contributed by atoms with Gasteiger partial charge in [0.05, 0.1) is 30.7 Å². The summed E-state index contributed by atoms with van der Waals surface area (Å²) in [6.07, 6.45) is 4.78. The molecule has 3 saturated heterocycles. The number of imide groups is 2. The molecule has 2 aromatic carbocycles. The van der Waals surface area contributed by atoms with Crippen LogP contribution in [0.3, 0.4) is 0 Å². The Bertz CT molecular complexity index is 1310. The Morgan fingerprint density at radius 1 is 0.921 bits per heavy atom. The van der Waals surface area contributed by atoms with E-state index in [4.69, 9.17) is 16.3 Å². The fourth-order valence-electron chi connectivity index (χ4n) is 7.22. The van der Waals surface area contributed by atoms with E-state index in [2.05, 4.69) is 0 Å². The largest absolute Gasteiger partial charge is 0.497 e. The van der Waals surface area contributed by atoms with Gasteiger partial charge in [0.25, 0.3) is 5.91 Å². The van der Waals surface area contributed by atoms with Gasteiger partial charge >= 0.3 is 6.03 Å². The summed E-state index contributed by atoms with van der Waals surface area (Å²) in [7, 11) is 1.54. The topological polar surface area (TPSA) is 87.2 Å². The highest BCUT2D eigenvalue weighted by Crippen LogP contribution is 2.60. The second kappa shape index (κ2) is 9.12. The van der Waals surface area contributed by atoms with Crippen LogP contribution in [0.2, 0.25) is 5.02 Å². The molecule has 3 heterocycles. The van der Waals surface area contributed by atoms with E-state index in [1.54, 1.807) is 55.6 Å². The molecule has 5 amide bonds. The molecule has 0 aromatic heterocycles. The number of carbonyl (C=O) groups is 4. The Hall–Kier alpha value is -3.39. The minimum Gasteiger partial charge on any atom is -0.497 e. The summed E-state index contributed by atoms with van der Waals surface area (Å²) in [6.45, 7) is 1.82. The number of anilines is 1. The first-order valence-corrected chi connectivity index (χ1v) is 13.7. The summed E-state index contributed by atoms with van der Waals surface area (Å²) in [6, 6.07) is 12.2. The summed E-state index contributed by atoms with van der Waals surface area (Å²) in [5.74, 6) is -2.23. The molecule has 9 heteroatoms. The second-order valence-electron chi connectivity index (χ2n) is 10.6. The molecule has 3 aliphatic heterocycles. The van der Waals surface area contributed by atoms with Gasteiger partial charge in [0.2, 0.25) is 11.8 Å². The van der Waals surface area contributed by atoms with Crippen LogP contribution < -0.4 is 9.64 Å². The van der Waals surface area contributed by atoms with Crippen LogP contribution in [-0.4, -0.2) is 52.2 Å². The molecular formula is C29H30ClN3O5. The van der Waals surface area contributed by atoms with Gasteiger partial charge in [-0.25, -0.2) is 9.69 Å². The van der Waals surface area contributed by atoms with E-state index < -0.39 is 35.4 Å². The lowest BCUT2D eigenvalue weighted by molar-refractivity contribution is -0.147. The number of ether oxygens (including phenoxy) is 1. The van der Waals surface area contributed by atoms with Crippen molar-refractivity contribution in [1.29, 1.82) is 0 Å². The van der Waals surface area contributed by atoms with E-state index in [0.29, 0.717) is 22.0 Å². The van der Waals surface area contributed by atoms with Crippen molar-refractivity contribution in [3.63, 3.8) is 0 Å². The number of carbonyl (C=O) groups excluding carboxylic acids is 4. The fourth-order valence-corrected chi connectivity index (χ4v) is 7.35. The van der Waals surface area contributed by atoms with Crippen molar-refractivity contribution in [3.05, 3.63) is 59.1 Å². The summed E-state index contributed by atoms with van der Waals surface area (Å²) < 4.78 is 5.24. The van der Waals surface area contributed by atoms with Crippen LogP contribution in [0.4, 0.5) is 10.5 Å². The van der Waals surface area contributed by atoms with Crippen molar-refractivity contribution >= 4 is 41.0 Å². The molecule has 2 aromatic rings. The predicted octanol–water partition coefficient (Wildman–Crippen LogP) is 4.95. The van der Waals surface area contributed by atoms with Gasteiger partial charge in [0, 0.05) is 11.1 Å². The summed E-state index contributed by atoms with van der Waals surface area (Å²) >= 11 is 6.17. The molecule has 38 heavy (non-hydrogen) atoms. The third-order valence-electron chi connectivity index (χ3n) is 8.94. The van der Waals surface area contributed by atoms with Gasteiger partial charge in [-0.05, 0) is 61.2 Å². The van der Waals surface area contributed by atoms with Crippen molar-refractivity contribution in [2.45, 2.75) is 63.1 Å². The third-order valence-corrected chi connectivity index (χ3v) is 9.19. The highest BCUT2D eigenvalue weighted by atomic mass is 35.5. The van der Waals surface area contributed by atoms with Crippen LogP contribution >= 0.6 is 11.6 Å². The number of methoxy groups -OCH3 is 1. The number of benzene rings is 2. The normalized spacial score (nSPS) is 29.3. The quantitative estimate of drug-likeness (QED) is 0.399. The number of fused-ring (bicyclic) bond motifs is 3. The van der Waals surface area contributed by atoms with E-state index in [1.165, 1.54) is 9.80 Å². The van der Waals surface area contributed by atoms with E-state index in [0.717, 1.165) is 37.0 Å². The van der Waals surface area contributed by atoms with Crippen molar-refractivity contribution in [2.75, 3.05) is 12.0 Å². The summed E-state index contributed by atoms with van der Waals surface area (Å²) in [5.41, 5.74) is -0.373. The first-order valence-electron chi connectivity index (χ1n) is 13.3. The molecule has 0 N–H and O–H groups in total. The average Bonchev–Trinajstić information content (AvgIpc) is 3.47. The third kappa shape index (κ3) is 3.28. The number of hydrogen-bond acceptors (Lipinski definition) is 5. The van der Waals surface area contributed by atoms with Gasteiger partial charge in [0.15, 0.2) is 0 Å². The van der Waals surface area contributed by atoms with Gasteiger partial charge in [0.1, 0.15) is 11.3 Å². The molecule has 8 nitrogen and oxygen atoms in total. The van der Waals surface area contributed by atoms with E-state index in [1.807, 2.05) is 6.92 Å². The molecule has 4 fully saturated rings. The molecule has 4 atom stereocenters. The van der Waals surface area contributed by atoms with Crippen LogP contribution in [0.5, 0.6) is 5.75 Å². The monoisotopic (exact) mass is 535 g/mol. The number of likely N-dealkylation sites (tertiary alicyclic amines) is 1. The lowest BCUT2D eigenvalue weighted by Crippen LogP contribution is -2.54. The number of amides is 5. The maximum atomic E-state index is 14.3. The molecule has 0 radical (unpaired) electrons. The lowest BCUT2D eigenvalue weighted by Gasteiger charge is -2.37. The van der Waals surface area contributed by atoms with Crippen molar-refractivity contribution in [3.8, 4) is 5.75 Å². The Balaban J connectivity index is 1.50. The van der Waals surface area contributed by atoms with Crippen LogP contribution in [0.1, 0.15) is 57.1 Å². The predicted molar refractivity (Wildman–Crippen MR) is 141 cm³/mol. The minimum atomic E-state index is -1.46. The zero-order valence-electron chi connectivity index (χ0n) is 21.4. The maximum Gasteiger partial charge on any atom is 0.332 e. The number of urea groups is 1. The number of rotatable bonds is 5. The van der Waals surface area contributed by atoms with Crippen LogP contribution in [0.25, 0.3) is 0 Å². The molecule has 1 aliphatic carbocycles. The smallest absolute Gasteiger partial charge is 0.332 e. The fraction of sp³-hybridized carbons (Fsp3) is 0.448. The van der Waals surface area contributed by atoms with Crippen LogP contribution in [0, 0.1) is 11.8 Å². The molecule has 1 saturated carbocycles. The zero-order chi connectivity index (χ0) is 26.8. The Morgan fingerprint density at radius 2 is 1.58 bits per heavy atom. The molecule has 6 rings (SSSR count). The highest BCUT2D eigenvalue weighted by Gasteiger charge is 2.77. The molecule has 0 spiro atoms. The standard InChI is InChI=1S/C29H30ClN3O5/c1-3-29-23-22(25(34)31(26(23)35)19-7-5-4-6-8-19)24(17-9-11-18(30)12-10-17)33(29)28(37)32(27(29)36)20-13-15-21(38-2)16-14-20/h9-16,19,22-24H,3-8H2,1-2H3/t22-,23-,24-,29-/m1/s1. The Morgan fingerprint density at radius 3 is 2.18 bits per heavy atom. The van der Waals surface area contributed by atoms with Crippen LogP contribution in [0.15, 0.2) is 48.5 Å². The minimum absolute atomic E-state index is 0.160. The zero-order valence-corrected chi connectivity index (χ0v) is 22.2. The van der Waals surface area contributed by atoms with E-state index >= 15 is 0 Å². The van der Waals surface area contributed by atoms with Crippen LogP contribution in [-0.2, 0) is 14.4 Å². The molecule has 198 valence electrons. The lowest BCUT2D eigenvalue weighted by atomic mass is 9.77. The van der Waals surface area contributed by atoms with Gasteiger partial charge in [-0.3, -0.25) is 19.3 Å². The molecule has 0 bridgehead atoms. The SMILES string of the molecule is CC[C@@]12C(=O)N(c3ccc(OC)cc3)C(=O)N1[C@H](c1ccc(Cl)cc1)[C@@H]1C(=O)N(C3CCCCC3)C(=O)[C@@H]12. The summed E-state index contributed by atoms with van der Waals surface area (Å²) in [5, 5.41) is 0.520.